The van der Waals surface area contributed by atoms with Gasteiger partial charge in [0.05, 0.1) is 12.0 Å². The zero-order chi connectivity index (χ0) is 22.9. The van der Waals surface area contributed by atoms with Crippen LogP contribution in [-0.4, -0.2) is 23.2 Å². The summed E-state index contributed by atoms with van der Waals surface area (Å²) in [6.07, 6.45) is 2.13. The number of amides is 1. The van der Waals surface area contributed by atoms with E-state index in [2.05, 4.69) is 5.10 Å². The van der Waals surface area contributed by atoms with Crippen molar-refractivity contribution in [2.45, 2.75) is 26.3 Å². The minimum atomic E-state index is -0.426. The summed E-state index contributed by atoms with van der Waals surface area (Å²) in [5, 5.41) is 6.86. The number of hydrazone groups is 1. The summed E-state index contributed by atoms with van der Waals surface area (Å²) >= 11 is 0. The highest BCUT2D eigenvalue weighted by atomic mass is 16.5. The molecule has 1 amide bonds. The molecule has 0 saturated carbocycles. The summed E-state index contributed by atoms with van der Waals surface area (Å²) in [5.74, 6) is 0.794. The fourth-order valence-electron chi connectivity index (χ4n) is 3.97. The minimum absolute atomic E-state index is 0.219. The van der Waals surface area contributed by atoms with Crippen molar-refractivity contribution >= 4 is 22.6 Å². The van der Waals surface area contributed by atoms with Gasteiger partial charge in [-0.1, -0.05) is 29.8 Å². The third-order valence-corrected chi connectivity index (χ3v) is 5.71. The topological polar surface area (TPSA) is 85.3 Å². The summed E-state index contributed by atoms with van der Waals surface area (Å²) in [6.45, 7) is 3.65. The molecule has 2 aromatic carbocycles. The van der Waals surface area contributed by atoms with Crippen molar-refractivity contribution in [1.29, 1.82) is 0 Å². The Morgan fingerprint density at radius 2 is 1.94 bits per heavy atom. The molecule has 33 heavy (non-hydrogen) atoms. The molecule has 0 bridgehead atoms. The molecule has 5 rings (SSSR count). The lowest BCUT2D eigenvalue weighted by molar-refractivity contribution is -0.135. The second-order valence-corrected chi connectivity index (χ2v) is 8.08. The number of fused-ring (bicyclic) bond motifs is 1. The van der Waals surface area contributed by atoms with E-state index in [1.807, 2.05) is 50.2 Å². The Labute approximate surface area is 189 Å². The number of hydrogen-bond donors (Lipinski definition) is 0. The zero-order valence-electron chi connectivity index (χ0n) is 18.3. The van der Waals surface area contributed by atoms with Crippen LogP contribution >= 0.6 is 0 Å². The quantitative estimate of drug-likeness (QED) is 0.416. The molecule has 2 aromatic heterocycles. The summed E-state index contributed by atoms with van der Waals surface area (Å²) in [4.78, 5) is 24.8. The number of carbonyl (C=O) groups is 1. The summed E-state index contributed by atoms with van der Waals surface area (Å²) in [7, 11) is 0. The van der Waals surface area contributed by atoms with E-state index in [4.69, 9.17) is 13.6 Å². The fraction of sp³-hybridized carbons (Fsp3) is 0.192. The lowest BCUT2D eigenvalue weighted by atomic mass is 10.0. The van der Waals surface area contributed by atoms with Gasteiger partial charge in [-0.05, 0) is 49.2 Å². The number of benzene rings is 2. The van der Waals surface area contributed by atoms with Gasteiger partial charge in [-0.15, -0.1) is 0 Å². The van der Waals surface area contributed by atoms with Crippen LogP contribution in [0.25, 0.3) is 11.0 Å². The predicted octanol–water partition coefficient (Wildman–Crippen LogP) is 4.76. The monoisotopic (exact) mass is 442 g/mol. The number of aryl methyl sites for hydroxylation is 2. The Bertz CT molecular complexity index is 1400. The van der Waals surface area contributed by atoms with Crippen molar-refractivity contribution < 1.29 is 18.4 Å². The molecule has 7 nitrogen and oxygen atoms in total. The van der Waals surface area contributed by atoms with Gasteiger partial charge < -0.3 is 13.6 Å². The molecule has 3 heterocycles. The van der Waals surface area contributed by atoms with Crippen molar-refractivity contribution in [3.05, 3.63) is 99.8 Å². The van der Waals surface area contributed by atoms with Gasteiger partial charge in [-0.2, -0.15) is 5.10 Å². The van der Waals surface area contributed by atoms with Gasteiger partial charge in [0.25, 0.3) is 5.91 Å². The van der Waals surface area contributed by atoms with E-state index in [0.29, 0.717) is 23.5 Å². The zero-order valence-corrected chi connectivity index (χ0v) is 18.3. The van der Waals surface area contributed by atoms with Crippen LogP contribution in [-0.2, 0) is 4.79 Å². The highest BCUT2D eigenvalue weighted by Gasteiger charge is 2.35. The number of carbonyl (C=O) groups excluding carboxylic acids is 1. The molecule has 0 aliphatic carbocycles. The Kier molecular flexibility index (Phi) is 5.30. The van der Waals surface area contributed by atoms with E-state index in [1.165, 1.54) is 11.1 Å². The number of nitrogens with zero attached hydrogens (tertiary/aromatic N) is 2. The van der Waals surface area contributed by atoms with E-state index in [9.17, 15) is 9.59 Å². The van der Waals surface area contributed by atoms with Crippen LogP contribution in [0.15, 0.2) is 85.7 Å². The molecule has 1 aliphatic heterocycles. The largest absolute Gasteiger partial charge is 0.484 e. The fourth-order valence-corrected chi connectivity index (χ4v) is 3.97. The third-order valence-electron chi connectivity index (χ3n) is 5.71. The highest BCUT2D eigenvalue weighted by molar-refractivity contribution is 6.03. The van der Waals surface area contributed by atoms with Crippen LogP contribution < -0.4 is 10.4 Å². The smallest absolute Gasteiger partial charge is 0.336 e. The third kappa shape index (κ3) is 4.17. The molecule has 4 aromatic rings. The Morgan fingerprint density at radius 1 is 1.12 bits per heavy atom. The molecule has 166 valence electrons. The van der Waals surface area contributed by atoms with Crippen molar-refractivity contribution in [1.82, 2.24) is 5.01 Å². The maximum atomic E-state index is 13.1. The standard InChI is InChI=1S/C26H22N2O5/c1-16-5-7-18(8-6-16)21-14-22(23-4-3-11-31-23)28(27-21)25(29)15-32-19-9-10-20-17(2)12-26(30)33-24(20)13-19/h3-13,22H,14-15H2,1-2H3. The normalized spacial score (nSPS) is 15.6. The van der Waals surface area contributed by atoms with Gasteiger partial charge in [-0.25, -0.2) is 9.80 Å². The van der Waals surface area contributed by atoms with E-state index in [1.54, 1.807) is 24.5 Å². The number of hydrogen-bond acceptors (Lipinski definition) is 6. The maximum absolute atomic E-state index is 13.1. The molecule has 7 heteroatoms. The predicted molar refractivity (Wildman–Crippen MR) is 123 cm³/mol. The molecule has 1 aliphatic rings. The van der Waals surface area contributed by atoms with E-state index in [0.717, 1.165) is 27.8 Å². The van der Waals surface area contributed by atoms with Gasteiger partial charge in [-0.3, -0.25) is 4.79 Å². The molecule has 1 unspecified atom stereocenters. The SMILES string of the molecule is Cc1ccc(C2=NN(C(=O)COc3ccc4c(C)cc(=O)oc4c3)C(c3ccco3)C2)cc1. The van der Waals surface area contributed by atoms with Crippen LogP contribution in [0.3, 0.4) is 0 Å². The first kappa shape index (κ1) is 20.8. The Morgan fingerprint density at radius 3 is 2.70 bits per heavy atom. The first-order valence-corrected chi connectivity index (χ1v) is 10.7. The van der Waals surface area contributed by atoms with Crippen LogP contribution in [0.4, 0.5) is 0 Å². The molecule has 1 atom stereocenters. The van der Waals surface area contributed by atoms with Crippen LogP contribution in [0.5, 0.6) is 5.75 Å². The number of ether oxygens (including phenoxy) is 1. The van der Waals surface area contributed by atoms with Crippen molar-refractivity contribution in [3.8, 4) is 5.75 Å². The molecule has 0 spiro atoms. The van der Waals surface area contributed by atoms with Gasteiger partial charge >= 0.3 is 5.63 Å². The highest BCUT2D eigenvalue weighted by Crippen LogP contribution is 2.33. The van der Waals surface area contributed by atoms with Crippen molar-refractivity contribution in [3.63, 3.8) is 0 Å². The van der Waals surface area contributed by atoms with Crippen molar-refractivity contribution in [2.75, 3.05) is 6.61 Å². The van der Waals surface area contributed by atoms with Crippen LogP contribution in [0, 0.1) is 13.8 Å². The molecule has 0 N–H and O–H groups in total. The average molecular weight is 442 g/mol. The first-order chi connectivity index (χ1) is 16.0. The summed E-state index contributed by atoms with van der Waals surface area (Å²) in [6, 6.07) is 18.0. The molecule has 0 radical (unpaired) electrons. The lowest BCUT2D eigenvalue weighted by Gasteiger charge is -2.20. The molecular formula is C26H22N2O5. The number of furan rings is 1. The molecule has 0 saturated heterocycles. The Balaban J connectivity index is 1.37. The first-order valence-electron chi connectivity index (χ1n) is 10.7. The number of rotatable bonds is 5. The van der Waals surface area contributed by atoms with Crippen LogP contribution in [0.2, 0.25) is 0 Å². The van der Waals surface area contributed by atoms with Gasteiger partial charge in [0.2, 0.25) is 0 Å². The van der Waals surface area contributed by atoms with E-state index < -0.39 is 5.63 Å². The van der Waals surface area contributed by atoms with Gasteiger partial charge in [0.1, 0.15) is 23.1 Å². The second kappa shape index (κ2) is 8.43. The summed E-state index contributed by atoms with van der Waals surface area (Å²) in [5.41, 5.74) is 3.74. The second-order valence-electron chi connectivity index (χ2n) is 8.08. The Hall–Kier alpha value is -4.13. The molecular weight excluding hydrogens is 420 g/mol. The average Bonchev–Trinajstić information content (AvgIpc) is 3.47. The van der Waals surface area contributed by atoms with Gasteiger partial charge in [0.15, 0.2) is 6.61 Å². The molecule has 0 fully saturated rings. The summed E-state index contributed by atoms with van der Waals surface area (Å²) < 4.78 is 16.6. The van der Waals surface area contributed by atoms with E-state index in [-0.39, 0.29) is 18.6 Å². The van der Waals surface area contributed by atoms with E-state index >= 15 is 0 Å². The van der Waals surface area contributed by atoms with Crippen LogP contribution in [0.1, 0.15) is 34.9 Å². The maximum Gasteiger partial charge on any atom is 0.336 e. The lowest BCUT2D eigenvalue weighted by Crippen LogP contribution is -2.31. The van der Waals surface area contributed by atoms with Crippen molar-refractivity contribution in [2.24, 2.45) is 5.10 Å². The minimum Gasteiger partial charge on any atom is -0.484 e. The van der Waals surface area contributed by atoms with Gasteiger partial charge in [0, 0.05) is 23.9 Å².